The van der Waals surface area contributed by atoms with Gasteiger partial charge in [0.15, 0.2) is 11.2 Å². The zero-order valence-electron chi connectivity index (χ0n) is 15.9. The quantitative estimate of drug-likeness (QED) is 0.448. The normalized spacial score (nSPS) is 13.8. The van der Waals surface area contributed by atoms with Crippen LogP contribution in [-0.4, -0.2) is 39.8 Å². The molecule has 0 aliphatic carbocycles. The van der Waals surface area contributed by atoms with Gasteiger partial charge in [-0.1, -0.05) is 12.1 Å². The number of imidazole rings is 2. The zero-order chi connectivity index (χ0) is 20.6. The van der Waals surface area contributed by atoms with Crippen LogP contribution in [-0.2, 0) is 27.7 Å². The SMILES string of the molecule is Cn1c(=O)c2c(nc3n(C)c(CN4C(=O)c5ccccc5C4=O)cn23)n(C)c1=O. The van der Waals surface area contributed by atoms with Crippen LogP contribution < -0.4 is 11.2 Å². The van der Waals surface area contributed by atoms with Crippen LogP contribution in [0.2, 0.25) is 0 Å². The Labute approximate surface area is 162 Å². The van der Waals surface area contributed by atoms with Gasteiger partial charge in [-0.05, 0) is 12.1 Å². The number of fused-ring (bicyclic) bond motifs is 4. The van der Waals surface area contributed by atoms with Crippen LogP contribution in [0.3, 0.4) is 0 Å². The molecule has 2 amide bonds. The van der Waals surface area contributed by atoms with Gasteiger partial charge in [0.2, 0.25) is 5.78 Å². The fourth-order valence-electron chi connectivity index (χ4n) is 3.82. The molecule has 5 rings (SSSR count). The molecule has 0 saturated carbocycles. The predicted molar refractivity (Wildman–Crippen MR) is 103 cm³/mol. The second kappa shape index (κ2) is 5.53. The van der Waals surface area contributed by atoms with Crippen LogP contribution in [0.4, 0.5) is 0 Å². The molecule has 29 heavy (non-hydrogen) atoms. The average molecular weight is 392 g/mol. The molecule has 4 heterocycles. The van der Waals surface area contributed by atoms with E-state index in [-0.39, 0.29) is 29.5 Å². The smallest absolute Gasteiger partial charge is 0.315 e. The van der Waals surface area contributed by atoms with Gasteiger partial charge in [0.25, 0.3) is 17.4 Å². The molecule has 0 fully saturated rings. The highest BCUT2D eigenvalue weighted by atomic mass is 16.2. The highest BCUT2D eigenvalue weighted by molar-refractivity contribution is 6.21. The summed E-state index contributed by atoms with van der Waals surface area (Å²) in [5, 5.41) is 0. The van der Waals surface area contributed by atoms with Crippen molar-refractivity contribution in [2.45, 2.75) is 6.54 Å². The molecule has 4 aromatic rings. The molecule has 146 valence electrons. The highest BCUT2D eigenvalue weighted by Crippen LogP contribution is 2.25. The van der Waals surface area contributed by atoms with Crippen LogP contribution in [0.15, 0.2) is 40.1 Å². The van der Waals surface area contributed by atoms with Crippen molar-refractivity contribution in [2.24, 2.45) is 21.1 Å². The van der Waals surface area contributed by atoms with Gasteiger partial charge in [0.05, 0.1) is 23.4 Å². The third-order valence-corrected chi connectivity index (χ3v) is 5.48. The second-order valence-electron chi connectivity index (χ2n) is 7.08. The Morgan fingerprint density at radius 2 is 1.48 bits per heavy atom. The minimum Gasteiger partial charge on any atom is -0.315 e. The van der Waals surface area contributed by atoms with E-state index in [1.54, 1.807) is 53.5 Å². The third-order valence-electron chi connectivity index (χ3n) is 5.48. The summed E-state index contributed by atoms with van der Waals surface area (Å²) in [7, 11) is 4.69. The van der Waals surface area contributed by atoms with Gasteiger partial charge in [0.1, 0.15) is 0 Å². The minimum absolute atomic E-state index is 0.0414. The second-order valence-corrected chi connectivity index (χ2v) is 7.08. The third kappa shape index (κ3) is 2.08. The summed E-state index contributed by atoms with van der Waals surface area (Å²) < 4.78 is 5.62. The summed E-state index contributed by atoms with van der Waals surface area (Å²) in [6.45, 7) is 0.0414. The molecule has 0 radical (unpaired) electrons. The lowest BCUT2D eigenvalue weighted by Crippen LogP contribution is -2.37. The Kier molecular flexibility index (Phi) is 3.28. The van der Waals surface area contributed by atoms with Crippen LogP contribution in [0, 0.1) is 0 Å². The number of carbonyl (C=O) groups excluding carboxylic acids is 2. The predicted octanol–water partition coefficient (Wildman–Crippen LogP) is 0.0196. The lowest BCUT2D eigenvalue weighted by molar-refractivity contribution is 0.0639. The molecule has 0 saturated heterocycles. The number of imide groups is 1. The van der Waals surface area contributed by atoms with Crippen molar-refractivity contribution in [3.63, 3.8) is 0 Å². The zero-order valence-corrected chi connectivity index (χ0v) is 15.9. The van der Waals surface area contributed by atoms with E-state index in [1.807, 2.05) is 0 Å². The Balaban J connectivity index is 1.66. The van der Waals surface area contributed by atoms with Crippen molar-refractivity contribution in [1.82, 2.24) is 28.0 Å². The summed E-state index contributed by atoms with van der Waals surface area (Å²) in [6.07, 6.45) is 1.67. The molecule has 1 aliphatic rings. The van der Waals surface area contributed by atoms with Gasteiger partial charge in [-0.15, -0.1) is 0 Å². The molecule has 1 aliphatic heterocycles. The lowest BCUT2D eigenvalue weighted by atomic mass is 10.1. The van der Waals surface area contributed by atoms with Gasteiger partial charge in [-0.2, -0.15) is 4.98 Å². The summed E-state index contributed by atoms with van der Waals surface area (Å²) in [4.78, 5) is 55.7. The van der Waals surface area contributed by atoms with Crippen molar-refractivity contribution in [3.8, 4) is 0 Å². The number of aryl methyl sites for hydroxylation is 2. The van der Waals surface area contributed by atoms with E-state index < -0.39 is 11.2 Å². The van der Waals surface area contributed by atoms with Crippen molar-refractivity contribution < 1.29 is 9.59 Å². The van der Waals surface area contributed by atoms with Crippen molar-refractivity contribution >= 4 is 28.8 Å². The Bertz CT molecular complexity index is 1460. The number of nitrogens with zero attached hydrogens (tertiary/aromatic N) is 6. The molecule has 0 atom stereocenters. The number of amides is 2. The molecule has 0 unspecified atom stereocenters. The summed E-state index contributed by atoms with van der Waals surface area (Å²) in [5.41, 5.74) is 0.992. The van der Waals surface area contributed by atoms with Crippen molar-refractivity contribution in [2.75, 3.05) is 0 Å². The van der Waals surface area contributed by atoms with E-state index in [2.05, 4.69) is 4.98 Å². The monoisotopic (exact) mass is 392 g/mol. The van der Waals surface area contributed by atoms with Crippen LogP contribution in [0.25, 0.3) is 16.9 Å². The summed E-state index contributed by atoms with van der Waals surface area (Å²) in [5.74, 6) is -0.273. The van der Waals surface area contributed by atoms with Gasteiger partial charge in [-0.25, -0.2) is 4.79 Å². The maximum absolute atomic E-state index is 12.7. The number of benzene rings is 1. The number of hydrogen-bond donors (Lipinski definition) is 0. The first kappa shape index (κ1) is 17.2. The Morgan fingerprint density at radius 1 is 0.862 bits per heavy atom. The molecule has 0 spiro atoms. The van der Waals surface area contributed by atoms with E-state index in [0.717, 1.165) is 4.57 Å². The van der Waals surface area contributed by atoms with E-state index in [0.29, 0.717) is 22.6 Å². The van der Waals surface area contributed by atoms with Crippen LogP contribution >= 0.6 is 0 Å². The molecule has 10 heteroatoms. The van der Waals surface area contributed by atoms with E-state index in [1.165, 1.54) is 16.5 Å². The first-order valence-electron chi connectivity index (χ1n) is 8.89. The van der Waals surface area contributed by atoms with Gasteiger partial charge >= 0.3 is 5.69 Å². The topological polar surface area (TPSA) is 104 Å². The molecule has 10 nitrogen and oxygen atoms in total. The lowest BCUT2D eigenvalue weighted by Gasteiger charge is -2.13. The highest BCUT2D eigenvalue weighted by Gasteiger charge is 2.35. The summed E-state index contributed by atoms with van der Waals surface area (Å²) >= 11 is 0. The van der Waals surface area contributed by atoms with E-state index >= 15 is 0 Å². The van der Waals surface area contributed by atoms with Gasteiger partial charge in [0, 0.05) is 27.3 Å². The fourth-order valence-corrected chi connectivity index (χ4v) is 3.82. The maximum Gasteiger partial charge on any atom is 0.332 e. The molecule has 0 N–H and O–H groups in total. The largest absolute Gasteiger partial charge is 0.332 e. The van der Waals surface area contributed by atoms with E-state index in [9.17, 15) is 19.2 Å². The molecular formula is C19H16N6O4. The standard InChI is InChI=1S/C19H16N6O4/c1-21-10(9-25-15(26)11-6-4-5-7-12(11)16(25)27)8-24-13-14(20-18(21)24)22(2)19(29)23(3)17(13)28/h4-8H,9H2,1-3H3. The molecule has 3 aromatic heterocycles. The van der Waals surface area contributed by atoms with Crippen LogP contribution in [0.5, 0.6) is 0 Å². The maximum atomic E-state index is 12.7. The number of aromatic nitrogens is 5. The van der Waals surface area contributed by atoms with Crippen LogP contribution in [0.1, 0.15) is 26.4 Å². The van der Waals surface area contributed by atoms with Gasteiger partial charge in [-0.3, -0.25) is 32.8 Å². The van der Waals surface area contributed by atoms with Gasteiger partial charge < -0.3 is 4.57 Å². The number of rotatable bonds is 2. The first-order valence-corrected chi connectivity index (χ1v) is 8.89. The molecule has 0 bridgehead atoms. The first-order chi connectivity index (χ1) is 13.8. The number of carbonyl (C=O) groups is 2. The number of hydrogen-bond acceptors (Lipinski definition) is 5. The average Bonchev–Trinajstić information content (AvgIpc) is 3.31. The van der Waals surface area contributed by atoms with Crippen molar-refractivity contribution in [1.29, 1.82) is 0 Å². The Hall–Kier alpha value is -3.95. The molecular weight excluding hydrogens is 376 g/mol. The summed E-state index contributed by atoms with van der Waals surface area (Å²) in [6, 6.07) is 6.70. The Morgan fingerprint density at radius 3 is 2.10 bits per heavy atom. The van der Waals surface area contributed by atoms with E-state index in [4.69, 9.17) is 0 Å². The fraction of sp³-hybridized carbons (Fsp3) is 0.211. The minimum atomic E-state index is -0.464. The van der Waals surface area contributed by atoms with Crippen molar-refractivity contribution in [3.05, 3.63) is 68.1 Å². The molecule has 1 aromatic carbocycles.